The minimum absolute atomic E-state index is 0. The van der Waals surface area contributed by atoms with Crippen molar-refractivity contribution < 1.29 is 14.3 Å². The van der Waals surface area contributed by atoms with Crippen LogP contribution in [0.1, 0.15) is 43.0 Å². The molecule has 0 spiro atoms. The van der Waals surface area contributed by atoms with Crippen molar-refractivity contribution in [3.05, 3.63) is 23.8 Å². The van der Waals surface area contributed by atoms with Crippen LogP contribution in [0.4, 0.5) is 0 Å². The number of amides is 1. The molecule has 140 valence electrons. The molecule has 1 aromatic rings. The van der Waals surface area contributed by atoms with Crippen LogP contribution in [0.25, 0.3) is 0 Å². The molecule has 1 amide bonds. The number of likely N-dealkylation sites (tertiary alicyclic amines) is 1. The Morgan fingerprint density at radius 1 is 1.20 bits per heavy atom. The quantitative estimate of drug-likeness (QED) is 0.803. The number of ether oxygens (including phenoxy) is 2. The molecule has 1 aromatic carbocycles. The van der Waals surface area contributed by atoms with Crippen molar-refractivity contribution in [1.82, 2.24) is 10.2 Å². The molecular weight excluding hydrogens is 340 g/mol. The Morgan fingerprint density at radius 3 is 2.52 bits per heavy atom. The molecule has 1 N–H and O–H groups in total. The highest BCUT2D eigenvalue weighted by Gasteiger charge is 2.26. The molecule has 0 atom stereocenters. The first-order valence-corrected chi connectivity index (χ1v) is 9.04. The zero-order chi connectivity index (χ0) is 16.9. The van der Waals surface area contributed by atoms with E-state index in [-0.39, 0.29) is 18.3 Å². The van der Waals surface area contributed by atoms with Gasteiger partial charge in [-0.3, -0.25) is 4.79 Å². The van der Waals surface area contributed by atoms with E-state index in [0.29, 0.717) is 29.7 Å². The molecule has 1 aliphatic carbocycles. The lowest BCUT2D eigenvalue weighted by Gasteiger charge is -2.32. The number of hydrogen-bond donors (Lipinski definition) is 1. The van der Waals surface area contributed by atoms with Crippen molar-refractivity contribution in [2.24, 2.45) is 5.92 Å². The first-order chi connectivity index (χ1) is 11.7. The predicted octanol–water partition coefficient (Wildman–Crippen LogP) is 3.12. The van der Waals surface area contributed by atoms with Crippen LogP contribution in [0.2, 0.25) is 0 Å². The second-order valence-electron chi connectivity index (χ2n) is 6.72. The Morgan fingerprint density at radius 2 is 1.92 bits per heavy atom. The van der Waals surface area contributed by atoms with Crippen molar-refractivity contribution in [3.63, 3.8) is 0 Å². The van der Waals surface area contributed by atoms with Crippen LogP contribution in [0.15, 0.2) is 18.2 Å². The van der Waals surface area contributed by atoms with E-state index in [2.05, 4.69) is 5.32 Å². The zero-order valence-electron chi connectivity index (χ0n) is 15.1. The fraction of sp³-hybridized carbons (Fsp3) is 0.632. The Balaban J connectivity index is 0.00000225. The molecular formula is C19H29ClN2O3. The van der Waals surface area contributed by atoms with Gasteiger partial charge in [-0.15, -0.1) is 12.4 Å². The number of piperidine rings is 1. The SMILES string of the molecule is CCOc1ccc(C(=O)N2CCC(NCC3CC3)CC2)cc1OC.Cl. The molecule has 6 heteroatoms. The normalized spacial score (nSPS) is 17.8. The topological polar surface area (TPSA) is 50.8 Å². The Kier molecular flexibility index (Phi) is 7.38. The van der Waals surface area contributed by atoms with Gasteiger partial charge in [-0.1, -0.05) is 0 Å². The van der Waals surface area contributed by atoms with Gasteiger partial charge in [0.05, 0.1) is 13.7 Å². The second kappa shape index (κ2) is 9.30. The van der Waals surface area contributed by atoms with E-state index in [1.165, 1.54) is 12.8 Å². The molecule has 2 fully saturated rings. The number of halogens is 1. The van der Waals surface area contributed by atoms with Gasteiger partial charge in [-0.25, -0.2) is 0 Å². The third-order valence-corrected chi connectivity index (χ3v) is 4.88. The van der Waals surface area contributed by atoms with E-state index in [1.54, 1.807) is 13.2 Å². The number of methoxy groups -OCH3 is 1. The molecule has 0 radical (unpaired) electrons. The summed E-state index contributed by atoms with van der Waals surface area (Å²) in [5.41, 5.74) is 0.666. The summed E-state index contributed by atoms with van der Waals surface area (Å²) in [6, 6.07) is 5.99. The monoisotopic (exact) mass is 368 g/mol. The average molecular weight is 369 g/mol. The Bertz CT molecular complexity index is 570. The molecule has 3 rings (SSSR count). The smallest absolute Gasteiger partial charge is 0.253 e. The zero-order valence-corrected chi connectivity index (χ0v) is 15.9. The van der Waals surface area contributed by atoms with E-state index in [9.17, 15) is 4.79 Å². The van der Waals surface area contributed by atoms with E-state index in [0.717, 1.165) is 38.4 Å². The van der Waals surface area contributed by atoms with Gasteiger partial charge >= 0.3 is 0 Å². The number of hydrogen-bond acceptors (Lipinski definition) is 4. The number of nitrogens with one attached hydrogen (secondary N) is 1. The summed E-state index contributed by atoms with van der Waals surface area (Å²) in [5.74, 6) is 2.28. The molecule has 1 saturated heterocycles. The summed E-state index contributed by atoms with van der Waals surface area (Å²) in [7, 11) is 1.60. The third kappa shape index (κ3) is 5.25. The highest BCUT2D eigenvalue weighted by atomic mass is 35.5. The van der Waals surface area contributed by atoms with Gasteiger partial charge < -0.3 is 19.7 Å². The maximum absolute atomic E-state index is 12.7. The first kappa shape index (κ1) is 19.9. The van der Waals surface area contributed by atoms with Crippen LogP contribution in [0, 0.1) is 5.92 Å². The van der Waals surface area contributed by atoms with Gasteiger partial charge in [-0.2, -0.15) is 0 Å². The largest absolute Gasteiger partial charge is 0.493 e. The van der Waals surface area contributed by atoms with Gasteiger partial charge in [0.15, 0.2) is 11.5 Å². The summed E-state index contributed by atoms with van der Waals surface area (Å²) in [4.78, 5) is 14.7. The third-order valence-electron chi connectivity index (χ3n) is 4.88. The number of benzene rings is 1. The van der Waals surface area contributed by atoms with Crippen LogP contribution in [0.5, 0.6) is 11.5 Å². The van der Waals surface area contributed by atoms with Gasteiger partial charge in [0.25, 0.3) is 5.91 Å². The summed E-state index contributed by atoms with van der Waals surface area (Å²) < 4.78 is 10.9. The van der Waals surface area contributed by atoms with Crippen LogP contribution in [-0.2, 0) is 0 Å². The van der Waals surface area contributed by atoms with Gasteiger partial charge in [-0.05, 0) is 63.3 Å². The fourth-order valence-electron chi connectivity index (χ4n) is 3.20. The van der Waals surface area contributed by atoms with E-state index in [1.807, 2.05) is 24.0 Å². The van der Waals surface area contributed by atoms with Gasteiger partial charge in [0, 0.05) is 24.7 Å². The summed E-state index contributed by atoms with van der Waals surface area (Å²) in [6.45, 7) is 5.28. The molecule has 0 bridgehead atoms. The van der Waals surface area contributed by atoms with Gasteiger partial charge in [0.2, 0.25) is 0 Å². The van der Waals surface area contributed by atoms with Crippen LogP contribution in [0.3, 0.4) is 0 Å². The van der Waals surface area contributed by atoms with Crippen molar-refractivity contribution in [2.75, 3.05) is 33.4 Å². The highest BCUT2D eigenvalue weighted by Crippen LogP contribution is 2.29. The van der Waals surface area contributed by atoms with Gasteiger partial charge in [0.1, 0.15) is 0 Å². The summed E-state index contributed by atoms with van der Waals surface area (Å²) in [6.07, 6.45) is 4.83. The van der Waals surface area contributed by atoms with Crippen LogP contribution >= 0.6 is 12.4 Å². The maximum Gasteiger partial charge on any atom is 0.253 e. The minimum Gasteiger partial charge on any atom is -0.493 e. The number of carbonyl (C=O) groups excluding carboxylic acids is 1. The maximum atomic E-state index is 12.7. The first-order valence-electron chi connectivity index (χ1n) is 9.04. The number of nitrogens with zero attached hydrogens (tertiary/aromatic N) is 1. The molecule has 1 aliphatic heterocycles. The molecule has 0 unspecified atom stereocenters. The van der Waals surface area contributed by atoms with Crippen molar-refractivity contribution in [2.45, 2.75) is 38.6 Å². The predicted molar refractivity (Wildman–Crippen MR) is 101 cm³/mol. The van der Waals surface area contributed by atoms with E-state index >= 15 is 0 Å². The van der Waals surface area contributed by atoms with Crippen molar-refractivity contribution >= 4 is 18.3 Å². The lowest BCUT2D eigenvalue weighted by Crippen LogP contribution is -2.45. The standard InChI is InChI=1S/C19H28N2O3.ClH/c1-3-24-17-7-6-15(12-18(17)23-2)19(22)21-10-8-16(9-11-21)20-13-14-4-5-14;/h6-7,12,14,16,20H,3-5,8-11,13H2,1-2H3;1H. The second-order valence-corrected chi connectivity index (χ2v) is 6.72. The van der Waals surface area contributed by atoms with E-state index < -0.39 is 0 Å². The molecule has 0 aromatic heterocycles. The molecule has 5 nitrogen and oxygen atoms in total. The Hall–Kier alpha value is -1.46. The lowest BCUT2D eigenvalue weighted by atomic mass is 10.0. The molecule has 2 aliphatic rings. The number of carbonyl (C=O) groups is 1. The molecule has 25 heavy (non-hydrogen) atoms. The summed E-state index contributed by atoms with van der Waals surface area (Å²) in [5, 5.41) is 3.65. The molecule has 1 heterocycles. The van der Waals surface area contributed by atoms with E-state index in [4.69, 9.17) is 9.47 Å². The van der Waals surface area contributed by atoms with Crippen molar-refractivity contribution in [3.8, 4) is 11.5 Å². The fourth-order valence-corrected chi connectivity index (χ4v) is 3.20. The van der Waals surface area contributed by atoms with Crippen molar-refractivity contribution in [1.29, 1.82) is 0 Å². The number of rotatable bonds is 7. The highest BCUT2D eigenvalue weighted by molar-refractivity contribution is 5.95. The van der Waals surface area contributed by atoms with Crippen LogP contribution < -0.4 is 14.8 Å². The van der Waals surface area contributed by atoms with Crippen LogP contribution in [-0.4, -0.2) is 50.2 Å². The Labute approximate surface area is 156 Å². The molecule has 1 saturated carbocycles. The average Bonchev–Trinajstić information content (AvgIpc) is 3.45. The lowest BCUT2D eigenvalue weighted by molar-refractivity contribution is 0.0704. The minimum atomic E-state index is 0. The summed E-state index contributed by atoms with van der Waals surface area (Å²) >= 11 is 0.